The van der Waals surface area contributed by atoms with Crippen molar-refractivity contribution in [1.29, 1.82) is 0 Å². The van der Waals surface area contributed by atoms with Gasteiger partial charge in [0.15, 0.2) is 0 Å². The van der Waals surface area contributed by atoms with Gasteiger partial charge in [0.25, 0.3) is 0 Å². The molecule has 1 saturated carbocycles. The Labute approximate surface area is 127 Å². The zero-order valence-electron chi connectivity index (χ0n) is 11.9. The topological polar surface area (TPSA) is 74.8 Å². The molecule has 0 atom stereocenters. The number of amides is 1. The van der Waals surface area contributed by atoms with Crippen LogP contribution in [0.1, 0.15) is 19.3 Å². The van der Waals surface area contributed by atoms with Crippen LogP contribution in [0.25, 0.3) is 10.9 Å². The normalized spacial score (nSPS) is 14.7. The predicted molar refractivity (Wildman–Crippen MR) is 82.6 cm³/mol. The van der Waals surface area contributed by atoms with E-state index in [4.69, 9.17) is 0 Å². The van der Waals surface area contributed by atoms with Crippen molar-refractivity contribution in [1.82, 2.24) is 20.2 Å². The number of hydrogen-bond donors (Lipinski definition) is 1. The summed E-state index contributed by atoms with van der Waals surface area (Å²) >= 11 is 0. The molecule has 1 N–H and O–H groups in total. The second-order valence-corrected chi connectivity index (χ2v) is 5.51. The first-order valence-electron chi connectivity index (χ1n) is 7.36. The summed E-state index contributed by atoms with van der Waals surface area (Å²) in [4.78, 5) is 23.1. The van der Waals surface area contributed by atoms with Crippen molar-refractivity contribution in [2.45, 2.75) is 19.3 Å². The largest absolute Gasteiger partial charge is 0.276 e. The van der Waals surface area contributed by atoms with Gasteiger partial charge in [0.1, 0.15) is 5.82 Å². The number of hydrogen-bond acceptors (Lipinski definition) is 4. The molecule has 1 aliphatic rings. The molecule has 22 heavy (non-hydrogen) atoms. The Morgan fingerprint density at radius 3 is 2.91 bits per heavy atom. The van der Waals surface area contributed by atoms with E-state index in [1.165, 1.54) is 0 Å². The summed E-state index contributed by atoms with van der Waals surface area (Å²) in [5.41, 5.74) is 1.60. The fourth-order valence-electron chi connectivity index (χ4n) is 2.65. The summed E-state index contributed by atoms with van der Waals surface area (Å²) in [7, 11) is 0. The minimum atomic E-state index is 0.0852. The zero-order valence-corrected chi connectivity index (χ0v) is 11.9. The van der Waals surface area contributed by atoms with Crippen LogP contribution in [0.2, 0.25) is 0 Å². The molecule has 0 unspecified atom stereocenters. The summed E-state index contributed by atoms with van der Waals surface area (Å²) < 4.78 is 0. The third-order valence-electron chi connectivity index (χ3n) is 4.12. The van der Waals surface area contributed by atoms with E-state index >= 15 is 0 Å². The number of carbonyl (C=O) groups is 1. The number of anilines is 2. The van der Waals surface area contributed by atoms with E-state index in [2.05, 4.69) is 20.2 Å². The smallest absolute Gasteiger partial charge is 0.235 e. The zero-order chi connectivity index (χ0) is 14.9. The van der Waals surface area contributed by atoms with E-state index in [0.717, 1.165) is 35.9 Å². The number of aromatic amines is 1. The lowest BCUT2D eigenvalue weighted by Crippen LogP contribution is -2.36. The Bertz CT molecular complexity index is 810. The molecular weight excluding hydrogens is 278 g/mol. The number of pyridine rings is 2. The van der Waals surface area contributed by atoms with Crippen molar-refractivity contribution in [3.63, 3.8) is 0 Å². The first kappa shape index (κ1) is 12.9. The van der Waals surface area contributed by atoms with Gasteiger partial charge in [-0.25, -0.2) is 4.98 Å². The van der Waals surface area contributed by atoms with Crippen LogP contribution in [-0.2, 0) is 4.79 Å². The van der Waals surface area contributed by atoms with Crippen LogP contribution in [-0.4, -0.2) is 26.1 Å². The quantitative estimate of drug-likeness (QED) is 0.805. The molecule has 0 radical (unpaired) electrons. The van der Waals surface area contributed by atoms with Crippen molar-refractivity contribution in [2.24, 2.45) is 5.92 Å². The van der Waals surface area contributed by atoms with Crippen molar-refractivity contribution in [3.8, 4) is 0 Å². The highest BCUT2D eigenvalue weighted by molar-refractivity contribution is 6.02. The summed E-state index contributed by atoms with van der Waals surface area (Å²) in [6, 6.07) is 5.58. The molecule has 0 spiro atoms. The minimum absolute atomic E-state index is 0.0852. The number of nitrogens with zero attached hydrogens (tertiary/aromatic N) is 4. The lowest BCUT2D eigenvalue weighted by Gasteiger charge is -2.30. The highest BCUT2D eigenvalue weighted by Crippen LogP contribution is 2.33. The van der Waals surface area contributed by atoms with Gasteiger partial charge >= 0.3 is 0 Å². The SMILES string of the molecule is O=C(C1CCC1)N(c1cccnc1)c1cc2cn[nH]c2cn1. The molecule has 6 heteroatoms. The van der Waals surface area contributed by atoms with Gasteiger partial charge in [-0.05, 0) is 31.0 Å². The van der Waals surface area contributed by atoms with E-state index in [9.17, 15) is 4.79 Å². The van der Waals surface area contributed by atoms with Crippen molar-refractivity contribution < 1.29 is 4.79 Å². The fraction of sp³-hybridized carbons (Fsp3) is 0.250. The van der Waals surface area contributed by atoms with Crippen LogP contribution in [0.5, 0.6) is 0 Å². The van der Waals surface area contributed by atoms with Gasteiger partial charge in [-0.3, -0.25) is 19.8 Å². The molecule has 0 aliphatic heterocycles. The molecule has 0 saturated heterocycles. The van der Waals surface area contributed by atoms with E-state index in [0.29, 0.717) is 5.82 Å². The Morgan fingerprint density at radius 2 is 2.18 bits per heavy atom. The second-order valence-electron chi connectivity index (χ2n) is 5.51. The fourth-order valence-corrected chi connectivity index (χ4v) is 2.65. The molecule has 0 aromatic carbocycles. The van der Waals surface area contributed by atoms with E-state index < -0.39 is 0 Å². The van der Waals surface area contributed by atoms with Crippen LogP contribution in [0.4, 0.5) is 11.5 Å². The van der Waals surface area contributed by atoms with Crippen molar-refractivity contribution >= 4 is 28.3 Å². The third-order valence-corrected chi connectivity index (χ3v) is 4.12. The summed E-state index contributed by atoms with van der Waals surface area (Å²) in [5, 5.41) is 7.80. The molecule has 3 aromatic heterocycles. The average molecular weight is 293 g/mol. The highest BCUT2D eigenvalue weighted by atomic mass is 16.2. The maximum Gasteiger partial charge on any atom is 0.235 e. The number of fused-ring (bicyclic) bond motifs is 1. The molecule has 3 aromatic rings. The van der Waals surface area contributed by atoms with Crippen LogP contribution in [0, 0.1) is 5.92 Å². The Morgan fingerprint density at radius 1 is 1.27 bits per heavy atom. The lowest BCUT2D eigenvalue weighted by atomic mass is 9.84. The van der Waals surface area contributed by atoms with Crippen LogP contribution in [0.15, 0.2) is 43.0 Å². The summed E-state index contributed by atoms with van der Waals surface area (Å²) in [6.45, 7) is 0. The minimum Gasteiger partial charge on any atom is -0.276 e. The van der Waals surface area contributed by atoms with Crippen LogP contribution >= 0.6 is 0 Å². The predicted octanol–water partition coefficient (Wildman–Crippen LogP) is 2.82. The molecule has 4 rings (SSSR count). The van der Waals surface area contributed by atoms with Gasteiger partial charge in [0, 0.05) is 17.5 Å². The van der Waals surface area contributed by atoms with Gasteiger partial charge in [0.2, 0.25) is 5.91 Å². The monoisotopic (exact) mass is 293 g/mol. The highest BCUT2D eigenvalue weighted by Gasteiger charge is 2.31. The number of carbonyl (C=O) groups excluding carboxylic acids is 1. The second kappa shape index (κ2) is 5.22. The molecule has 1 amide bonds. The van der Waals surface area contributed by atoms with Gasteiger partial charge in [0.05, 0.1) is 29.8 Å². The van der Waals surface area contributed by atoms with Gasteiger partial charge < -0.3 is 0 Å². The van der Waals surface area contributed by atoms with Crippen LogP contribution in [0.3, 0.4) is 0 Å². The number of aromatic nitrogens is 4. The number of rotatable bonds is 3. The van der Waals surface area contributed by atoms with Crippen LogP contribution < -0.4 is 4.90 Å². The van der Waals surface area contributed by atoms with E-state index in [1.807, 2.05) is 18.2 Å². The average Bonchev–Trinajstić information content (AvgIpc) is 2.94. The maximum absolute atomic E-state index is 12.8. The molecule has 0 bridgehead atoms. The molecule has 110 valence electrons. The maximum atomic E-state index is 12.8. The summed E-state index contributed by atoms with van der Waals surface area (Å²) in [5.74, 6) is 0.787. The lowest BCUT2D eigenvalue weighted by molar-refractivity contribution is -0.123. The first-order chi connectivity index (χ1) is 10.8. The standard InChI is InChI=1S/C16H15N5O/c22-16(11-3-1-4-11)21(13-5-2-6-17-9-13)15-7-12-8-19-20-14(12)10-18-15/h2,5-11H,1,3-4H2,(H,19,20). The Hall–Kier alpha value is -2.76. The van der Waals surface area contributed by atoms with Crippen molar-refractivity contribution in [3.05, 3.63) is 43.0 Å². The molecule has 1 aliphatic carbocycles. The number of nitrogens with one attached hydrogen (secondary N) is 1. The third kappa shape index (κ3) is 2.13. The Kier molecular flexibility index (Phi) is 3.07. The molecule has 1 fully saturated rings. The van der Waals surface area contributed by atoms with Gasteiger partial charge in [-0.15, -0.1) is 0 Å². The van der Waals surface area contributed by atoms with Gasteiger partial charge in [-0.2, -0.15) is 5.10 Å². The van der Waals surface area contributed by atoms with Crippen molar-refractivity contribution in [2.75, 3.05) is 4.90 Å². The van der Waals surface area contributed by atoms with E-state index in [-0.39, 0.29) is 11.8 Å². The number of H-pyrrole nitrogens is 1. The summed E-state index contributed by atoms with van der Waals surface area (Å²) in [6.07, 6.45) is 9.84. The van der Waals surface area contributed by atoms with E-state index in [1.54, 1.807) is 29.7 Å². The molecule has 3 heterocycles. The molecule has 6 nitrogen and oxygen atoms in total. The van der Waals surface area contributed by atoms with Gasteiger partial charge in [-0.1, -0.05) is 6.42 Å². The Balaban J connectivity index is 1.80. The molecular formula is C16H15N5O. The first-order valence-corrected chi connectivity index (χ1v) is 7.36.